The smallest absolute Gasteiger partial charge is 0.414 e. The van der Waals surface area contributed by atoms with Crippen molar-refractivity contribution < 1.29 is 9.53 Å². The van der Waals surface area contributed by atoms with Gasteiger partial charge < -0.3 is 4.74 Å². The summed E-state index contributed by atoms with van der Waals surface area (Å²) in [5, 5.41) is 0.870. The second-order valence-electron chi connectivity index (χ2n) is 3.27. The van der Waals surface area contributed by atoms with Crippen LogP contribution in [-0.4, -0.2) is 19.7 Å². The highest BCUT2D eigenvalue weighted by atomic mass is 35.5. The van der Waals surface area contributed by atoms with Crippen LogP contribution in [0.2, 0.25) is 10.0 Å². The Hall–Kier alpha value is -0.930. The number of nitrogens with zero attached hydrogens (tertiary/aromatic N) is 1. The molecule has 0 aliphatic carbocycles. The first-order valence-corrected chi connectivity index (χ1v) is 5.67. The van der Waals surface area contributed by atoms with E-state index >= 15 is 0 Å². The number of anilines is 1. The molecule has 0 aliphatic heterocycles. The normalized spacial score (nSPS) is 10.0. The predicted molar refractivity (Wildman–Crippen MR) is 66.5 cm³/mol. The highest BCUT2D eigenvalue weighted by Crippen LogP contribution is 2.26. The van der Waals surface area contributed by atoms with Crippen molar-refractivity contribution in [1.82, 2.24) is 0 Å². The van der Waals surface area contributed by atoms with E-state index in [4.69, 9.17) is 27.9 Å². The van der Waals surface area contributed by atoms with Crippen LogP contribution in [0, 0.1) is 0 Å². The van der Waals surface area contributed by atoms with Crippen LogP contribution in [0.1, 0.15) is 13.3 Å². The largest absolute Gasteiger partial charge is 0.449 e. The Morgan fingerprint density at radius 2 is 2.06 bits per heavy atom. The van der Waals surface area contributed by atoms with Gasteiger partial charge in [0.15, 0.2) is 0 Å². The van der Waals surface area contributed by atoms with Gasteiger partial charge >= 0.3 is 6.09 Å². The molecule has 1 aromatic rings. The quantitative estimate of drug-likeness (QED) is 0.824. The molecule has 0 spiro atoms. The van der Waals surface area contributed by atoms with Crippen molar-refractivity contribution in [2.24, 2.45) is 0 Å². The SMILES string of the molecule is CCCOC(=O)N(C)c1ccc(Cl)c(Cl)c1. The fraction of sp³-hybridized carbons (Fsp3) is 0.364. The maximum absolute atomic E-state index is 11.5. The number of ether oxygens (including phenoxy) is 1. The summed E-state index contributed by atoms with van der Waals surface area (Å²) in [6.45, 7) is 2.34. The lowest BCUT2D eigenvalue weighted by Crippen LogP contribution is -2.27. The minimum absolute atomic E-state index is 0.403. The lowest BCUT2D eigenvalue weighted by Gasteiger charge is -2.17. The van der Waals surface area contributed by atoms with Gasteiger partial charge in [0.1, 0.15) is 0 Å². The summed E-state index contributed by atoms with van der Waals surface area (Å²) in [6.07, 6.45) is 0.390. The van der Waals surface area contributed by atoms with Gasteiger partial charge in [-0.1, -0.05) is 30.1 Å². The molecule has 0 aliphatic rings. The number of carbonyl (C=O) groups is 1. The third kappa shape index (κ3) is 3.29. The molecular formula is C11H13Cl2NO2. The summed E-state index contributed by atoms with van der Waals surface area (Å²) < 4.78 is 4.99. The predicted octanol–water partition coefficient (Wildman–Crippen LogP) is 3.98. The monoisotopic (exact) mass is 261 g/mol. The summed E-state index contributed by atoms with van der Waals surface area (Å²) in [6, 6.07) is 4.97. The van der Waals surface area contributed by atoms with Crippen molar-refractivity contribution in [2.45, 2.75) is 13.3 Å². The second kappa shape index (κ2) is 5.97. The summed E-state index contributed by atoms with van der Waals surface area (Å²) in [4.78, 5) is 12.9. The van der Waals surface area contributed by atoms with E-state index < -0.39 is 6.09 Å². The van der Waals surface area contributed by atoms with Gasteiger partial charge in [-0.25, -0.2) is 4.79 Å². The molecule has 3 nitrogen and oxygen atoms in total. The molecule has 0 aromatic heterocycles. The Morgan fingerprint density at radius 1 is 1.38 bits per heavy atom. The van der Waals surface area contributed by atoms with Gasteiger partial charge in [-0.2, -0.15) is 0 Å². The number of benzene rings is 1. The third-order valence-corrected chi connectivity index (χ3v) is 2.73. The number of hydrogen-bond donors (Lipinski definition) is 0. The van der Waals surface area contributed by atoms with Gasteiger partial charge in [0, 0.05) is 12.7 Å². The van der Waals surface area contributed by atoms with Gasteiger partial charge in [-0.3, -0.25) is 4.90 Å². The first-order valence-electron chi connectivity index (χ1n) is 4.91. The molecule has 5 heteroatoms. The van der Waals surface area contributed by atoms with Crippen LogP contribution < -0.4 is 4.90 Å². The standard InChI is InChI=1S/C11H13Cl2NO2/c1-3-6-16-11(15)14(2)8-4-5-9(12)10(13)7-8/h4-5,7H,3,6H2,1-2H3. The van der Waals surface area contributed by atoms with Crippen molar-refractivity contribution in [2.75, 3.05) is 18.6 Å². The minimum Gasteiger partial charge on any atom is -0.449 e. The zero-order valence-corrected chi connectivity index (χ0v) is 10.7. The highest BCUT2D eigenvalue weighted by Gasteiger charge is 2.12. The number of amides is 1. The lowest BCUT2D eigenvalue weighted by molar-refractivity contribution is 0.155. The van der Waals surface area contributed by atoms with E-state index in [-0.39, 0.29) is 0 Å². The topological polar surface area (TPSA) is 29.5 Å². The molecule has 0 unspecified atom stereocenters. The van der Waals surface area contributed by atoms with E-state index in [1.54, 1.807) is 25.2 Å². The first-order chi connectivity index (χ1) is 7.56. The second-order valence-corrected chi connectivity index (χ2v) is 4.09. The average molecular weight is 262 g/mol. The average Bonchev–Trinajstić information content (AvgIpc) is 2.28. The Kier molecular flexibility index (Phi) is 4.90. The summed E-state index contributed by atoms with van der Waals surface area (Å²) in [5.41, 5.74) is 0.649. The molecule has 88 valence electrons. The van der Waals surface area contributed by atoms with Crippen LogP contribution in [0.15, 0.2) is 18.2 Å². The number of carbonyl (C=O) groups excluding carboxylic acids is 1. The van der Waals surface area contributed by atoms with Crippen molar-refractivity contribution in [3.8, 4) is 0 Å². The van der Waals surface area contributed by atoms with Crippen molar-refractivity contribution in [3.05, 3.63) is 28.2 Å². The zero-order chi connectivity index (χ0) is 12.1. The van der Waals surface area contributed by atoms with E-state index in [9.17, 15) is 4.79 Å². The molecule has 0 fully saturated rings. The molecule has 0 N–H and O–H groups in total. The Morgan fingerprint density at radius 3 is 2.62 bits per heavy atom. The Balaban J connectivity index is 2.75. The molecule has 16 heavy (non-hydrogen) atoms. The highest BCUT2D eigenvalue weighted by molar-refractivity contribution is 6.42. The molecule has 1 amide bonds. The van der Waals surface area contributed by atoms with Crippen LogP contribution in [0.5, 0.6) is 0 Å². The molecule has 1 aromatic carbocycles. The van der Waals surface area contributed by atoms with E-state index in [0.29, 0.717) is 22.3 Å². The molecule has 0 radical (unpaired) electrons. The molecule has 0 saturated heterocycles. The molecule has 0 atom stereocenters. The number of halogens is 2. The van der Waals surface area contributed by atoms with Crippen LogP contribution >= 0.6 is 23.2 Å². The van der Waals surface area contributed by atoms with Gasteiger partial charge in [-0.15, -0.1) is 0 Å². The Bertz CT molecular complexity index is 382. The van der Waals surface area contributed by atoms with E-state index in [1.807, 2.05) is 6.92 Å². The van der Waals surface area contributed by atoms with Crippen molar-refractivity contribution in [1.29, 1.82) is 0 Å². The molecule has 1 rings (SSSR count). The van der Waals surface area contributed by atoms with Crippen LogP contribution in [0.3, 0.4) is 0 Å². The van der Waals surface area contributed by atoms with Crippen LogP contribution in [0.4, 0.5) is 10.5 Å². The Labute approximate surface area is 105 Å². The van der Waals surface area contributed by atoms with Crippen molar-refractivity contribution >= 4 is 35.0 Å². The molecule has 0 bridgehead atoms. The molecular weight excluding hydrogens is 249 g/mol. The summed E-state index contributed by atoms with van der Waals surface area (Å²) in [5.74, 6) is 0. The molecule has 0 saturated carbocycles. The fourth-order valence-electron chi connectivity index (χ4n) is 1.09. The summed E-state index contributed by atoms with van der Waals surface area (Å²) in [7, 11) is 1.62. The maximum Gasteiger partial charge on any atom is 0.414 e. The molecule has 0 heterocycles. The minimum atomic E-state index is -0.403. The van der Waals surface area contributed by atoms with Gasteiger partial charge in [0.2, 0.25) is 0 Å². The maximum atomic E-state index is 11.5. The van der Waals surface area contributed by atoms with Gasteiger partial charge in [-0.05, 0) is 24.6 Å². The van der Waals surface area contributed by atoms with E-state index in [1.165, 1.54) is 4.90 Å². The van der Waals surface area contributed by atoms with E-state index in [0.717, 1.165) is 6.42 Å². The van der Waals surface area contributed by atoms with E-state index in [2.05, 4.69) is 0 Å². The number of hydrogen-bond acceptors (Lipinski definition) is 2. The third-order valence-electron chi connectivity index (χ3n) is 1.99. The first kappa shape index (κ1) is 13.1. The fourth-order valence-corrected chi connectivity index (χ4v) is 1.38. The van der Waals surface area contributed by atoms with Crippen LogP contribution in [0.25, 0.3) is 0 Å². The zero-order valence-electron chi connectivity index (χ0n) is 9.17. The van der Waals surface area contributed by atoms with Gasteiger partial charge in [0.25, 0.3) is 0 Å². The lowest BCUT2D eigenvalue weighted by atomic mass is 10.3. The number of rotatable bonds is 3. The van der Waals surface area contributed by atoms with Crippen molar-refractivity contribution in [3.63, 3.8) is 0 Å². The van der Waals surface area contributed by atoms with Gasteiger partial charge in [0.05, 0.1) is 16.7 Å². The summed E-state index contributed by atoms with van der Waals surface area (Å²) >= 11 is 11.6. The van der Waals surface area contributed by atoms with Crippen LogP contribution in [-0.2, 0) is 4.74 Å².